The first-order valence-electron chi connectivity index (χ1n) is 8.27. The van der Waals surface area contributed by atoms with E-state index >= 15 is 0 Å². The number of rotatable bonds is 5. The van der Waals surface area contributed by atoms with E-state index in [4.69, 9.17) is 0 Å². The molecule has 2 aliphatic carbocycles. The van der Waals surface area contributed by atoms with Gasteiger partial charge in [0.25, 0.3) is 0 Å². The fourth-order valence-electron chi connectivity index (χ4n) is 3.67. The van der Waals surface area contributed by atoms with Crippen LogP contribution in [0, 0.1) is 17.7 Å². The maximum atomic E-state index is 13.1. The number of hydrogen-bond acceptors (Lipinski definition) is 1. The summed E-state index contributed by atoms with van der Waals surface area (Å²) in [4.78, 5) is 0. The van der Waals surface area contributed by atoms with Crippen molar-refractivity contribution in [1.82, 2.24) is 5.32 Å². The predicted octanol–water partition coefficient (Wildman–Crippen LogP) is 4.84. The third-order valence-corrected chi connectivity index (χ3v) is 5.10. The van der Waals surface area contributed by atoms with Crippen LogP contribution in [0.2, 0.25) is 0 Å². The zero-order chi connectivity index (χ0) is 13.9. The number of benzene rings is 1. The summed E-state index contributed by atoms with van der Waals surface area (Å²) in [6.45, 7) is 2.31. The Kier molecular flexibility index (Phi) is 4.40. The van der Waals surface area contributed by atoms with E-state index in [-0.39, 0.29) is 5.82 Å². The molecule has 1 N–H and O–H groups in total. The highest BCUT2D eigenvalue weighted by molar-refractivity contribution is 5.22. The highest BCUT2D eigenvalue weighted by Crippen LogP contribution is 2.42. The van der Waals surface area contributed by atoms with Gasteiger partial charge in [-0.1, -0.05) is 38.3 Å². The molecule has 20 heavy (non-hydrogen) atoms. The number of halogens is 1. The van der Waals surface area contributed by atoms with Gasteiger partial charge in [-0.3, -0.25) is 0 Å². The molecule has 2 aliphatic rings. The van der Waals surface area contributed by atoms with Crippen molar-refractivity contribution in [3.05, 3.63) is 35.6 Å². The number of nitrogens with one attached hydrogen (secondary N) is 1. The van der Waals surface area contributed by atoms with Crippen molar-refractivity contribution in [3.8, 4) is 0 Å². The van der Waals surface area contributed by atoms with Gasteiger partial charge in [-0.15, -0.1) is 0 Å². The van der Waals surface area contributed by atoms with E-state index in [1.807, 2.05) is 12.1 Å². The maximum absolute atomic E-state index is 13.1. The zero-order valence-corrected chi connectivity index (χ0v) is 12.4. The lowest BCUT2D eigenvalue weighted by Gasteiger charge is -2.33. The fourth-order valence-corrected chi connectivity index (χ4v) is 3.67. The normalized spacial score (nSPS) is 28.3. The predicted molar refractivity (Wildman–Crippen MR) is 81.0 cm³/mol. The van der Waals surface area contributed by atoms with E-state index in [0.29, 0.717) is 12.1 Å². The Bertz CT molecular complexity index is 424. The SMILES string of the molecule is CCC1CCCC(NC(c2ccc(F)cc2)C2CC2)C1. The van der Waals surface area contributed by atoms with Crippen LogP contribution in [0.5, 0.6) is 0 Å². The Morgan fingerprint density at radius 1 is 1.15 bits per heavy atom. The minimum absolute atomic E-state index is 0.132. The lowest BCUT2D eigenvalue weighted by molar-refractivity contribution is 0.254. The fraction of sp³-hybridized carbons (Fsp3) is 0.667. The van der Waals surface area contributed by atoms with Crippen molar-refractivity contribution in [2.45, 2.75) is 64.0 Å². The molecule has 2 heteroatoms. The van der Waals surface area contributed by atoms with Crippen molar-refractivity contribution in [1.29, 1.82) is 0 Å². The molecule has 0 radical (unpaired) electrons. The van der Waals surface area contributed by atoms with E-state index in [9.17, 15) is 4.39 Å². The average Bonchev–Trinajstić information content (AvgIpc) is 3.31. The van der Waals surface area contributed by atoms with Gasteiger partial charge in [-0.25, -0.2) is 4.39 Å². The Hall–Kier alpha value is -0.890. The zero-order valence-electron chi connectivity index (χ0n) is 12.4. The van der Waals surface area contributed by atoms with Crippen LogP contribution in [0.1, 0.15) is 63.5 Å². The molecular formula is C18H26FN. The second-order valence-electron chi connectivity index (χ2n) is 6.67. The van der Waals surface area contributed by atoms with E-state index in [2.05, 4.69) is 12.2 Å². The van der Waals surface area contributed by atoms with Crippen LogP contribution in [0.15, 0.2) is 24.3 Å². The summed E-state index contributed by atoms with van der Waals surface area (Å²) in [7, 11) is 0. The lowest BCUT2D eigenvalue weighted by atomic mass is 9.83. The second kappa shape index (κ2) is 6.26. The Balaban J connectivity index is 1.67. The molecule has 0 aliphatic heterocycles. The van der Waals surface area contributed by atoms with Gasteiger partial charge in [0.15, 0.2) is 0 Å². The third-order valence-electron chi connectivity index (χ3n) is 5.10. The van der Waals surface area contributed by atoms with Crippen LogP contribution in [-0.4, -0.2) is 6.04 Å². The van der Waals surface area contributed by atoms with Crippen LogP contribution >= 0.6 is 0 Å². The maximum Gasteiger partial charge on any atom is 0.123 e. The molecule has 1 aromatic rings. The molecule has 0 heterocycles. The minimum atomic E-state index is -0.132. The van der Waals surface area contributed by atoms with Crippen LogP contribution < -0.4 is 5.32 Å². The van der Waals surface area contributed by atoms with E-state index in [1.165, 1.54) is 50.5 Å². The van der Waals surface area contributed by atoms with Crippen molar-refractivity contribution < 1.29 is 4.39 Å². The quantitative estimate of drug-likeness (QED) is 0.811. The second-order valence-corrected chi connectivity index (χ2v) is 6.67. The number of hydrogen-bond donors (Lipinski definition) is 1. The van der Waals surface area contributed by atoms with Gasteiger partial charge in [0.05, 0.1) is 0 Å². The molecule has 2 saturated carbocycles. The van der Waals surface area contributed by atoms with Gasteiger partial charge in [-0.05, 0) is 55.2 Å². The molecule has 0 spiro atoms. The lowest BCUT2D eigenvalue weighted by Crippen LogP contribution is -2.37. The molecular weight excluding hydrogens is 249 g/mol. The molecule has 1 aromatic carbocycles. The first-order chi connectivity index (χ1) is 9.76. The van der Waals surface area contributed by atoms with Crippen molar-refractivity contribution >= 4 is 0 Å². The van der Waals surface area contributed by atoms with Gasteiger partial charge in [0.2, 0.25) is 0 Å². The molecule has 0 bridgehead atoms. The molecule has 0 saturated heterocycles. The summed E-state index contributed by atoms with van der Waals surface area (Å²) in [5.74, 6) is 1.53. The van der Waals surface area contributed by atoms with Crippen LogP contribution in [0.3, 0.4) is 0 Å². The summed E-state index contributed by atoms with van der Waals surface area (Å²) < 4.78 is 13.1. The molecule has 110 valence electrons. The van der Waals surface area contributed by atoms with Crippen LogP contribution in [0.25, 0.3) is 0 Å². The van der Waals surface area contributed by atoms with Gasteiger partial charge in [0.1, 0.15) is 5.82 Å². The smallest absolute Gasteiger partial charge is 0.123 e. The summed E-state index contributed by atoms with van der Waals surface area (Å²) >= 11 is 0. The van der Waals surface area contributed by atoms with Crippen LogP contribution in [0.4, 0.5) is 4.39 Å². The average molecular weight is 275 g/mol. The molecule has 3 unspecified atom stereocenters. The topological polar surface area (TPSA) is 12.0 Å². The molecule has 2 fully saturated rings. The molecule has 0 amide bonds. The minimum Gasteiger partial charge on any atom is -0.307 e. The molecule has 0 aromatic heterocycles. The van der Waals surface area contributed by atoms with Gasteiger partial charge >= 0.3 is 0 Å². The van der Waals surface area contributed by atoms with Gasteiger partial charge in [-0.2, -0.15) is 0 Å². The monoisotopic (exact) mass is 275 g/mol. The summed E-state index contributed by atoms with van der Waals surface area (Å²) in [5.41, 5.74) is 1.27. The van der Waals surface area contributed by atoms with Gasteiger partial charge < -0.3 is 5.32 Å². The Labute approximate surface area is 122 Å². The van der Waals surface area contributed by atoms with Gasteiger partial charge in [0, 0.05) is 12.1 Å². The van der Waals surface area contributed by atoms with E-state index in [1.54, 1.807) is 12.1 Å². The van der Waals surface area contributed by atoms with Crippen molar-refractivity contribution in [2.75, 3.05) is 0 Å². The third kappa shape index (κ3) is 3.41. The standard InChI is InChI=1S/C18H26FN/c1-2-13-4-3-5-17(12-13)20-18(14-6-7-14)15-8-10-16(19)11-9-15/h8-11,13-14,17-18,20H,2-7,12H2,1H3. The largest absolute Gasteiger partial charge is 0.307 e. The first kappa shape index (κ1) is 14.1. The molecule has 3 atom stereocenters. The van der Waals surface area contributed by atoms with Crippen LogP contribution in [-0.2, 0) is 0 Å². The summed E-state index contributed by atoms with van der Waals surface area (Å²) in [6, 6.07) is 8.22. The first-order valence-corrected chi connectivity index (χ1v) is 8.27. The highest BCUT2D eigenvalue weighted by atomic mass is 19.1. The summed E-state index contributed by atoms with van der Waals surface area (Å²) in [5, 5.41) is 3.90. The Morgan fingerprint density at radius 2 is 1.90 bits per heavy atom. The molecule has 3 rings (SSSR count). The highest BCUT2D eigenvalue weighted by Gasteiger charge is 2.34. The summed E-state index contributed by atoms with van der Waals surface area (Å²) in [6.07, 6.45) is 9.33. The van der Waals surface area contributed by atoms with E-state index in [0.717, 1.165) is 11.8 Å². The van der Waals surface area contributed by atoms with E-state index < -0.39 is 0 Å². The van der Waals surface area contributed by atoms with Crippen molar-refractivity contribution in [2.24, 2.45) is 11.8 Å². The molecule has 1 nitrogen and oxygen atoms in total. The van der Waals surface area contributed by atoms with Crippen molar-refractivity contribution in [3.63, 3.8) is 0 Å². The Morgan fingerprint density at radius 3 is 2.55 bits per heavy atom.